The minimum absolute atomic E-state index is 0.218. The number of hydrogen-bond donors (Lipinski definition) is 1. The summed E-state index contributed by atoms with van der Waals surface area (Å²) < 4.78 is 2.12. The maximum absolute atomic E-state index is 12.0. The van der Waals surface area contributed by atoms with E-state index in [-0.39, 0.29) is 17.2 Å². The SMILES string of the molecule is Cc1cccc(CNC(=O)c2ccc(=O)n(C)n2)c1Br. The molecule has 0 unspecified atom stereocenters. The molecular formula is C14H14BrN3O2. The zero-order valence-electron chi connectivity index (χ0n) is 11.2. The molecule has 2 rings (SSSR count). The van der Waals surface area contributed by atoms with Crippen molar-refractivity contribution in [3.8, 4) is 0 Å². The summed E-state index contributed by atoms with van der Waals surface area (Å²) in [5, 5.41) is 6.69. The summed E-state index contributed by atoms with van der Waals surface area (Å²) in [6.45, 7) is 2.38. The number of nitrogens with one attached hydrogen (secondary N) is 1. The number of rotatable bonds is 3. The number of amides is 1. The molecule has 1 amide bonds. The fourth-order valence-electron chi connectivity index (χ4n) is 1.73. The minimum Gasteiger partial charge on any atom is -0.347 e. The molecule has 0 bridgehead atoms. The van der Waals surface area contributed by atoms with Gasteiger partial charge in [-0.05, 0) is 24.1 Å². The van der Waals surface area contributed by atoms with Gasteiger partial charge in [-0.25, -0.2) is 4.68 Å². The Bertz CT molecular complexity index is 710. The van der Waals surface area contributed by atoms with E-state index in [1.165, 1.54) is 19.2 Å². The van der Waals surface area contributed by atoms with E-state index in [2.05, 4.69) is 26.3 Å². The molecular weight excluding hydrogens is 322 g/mol. The average Bonchev–Trinajstić information content (AvgIpc) is 2.43. The molecule has 2 aromatic rings. The smallest absolute Gasteiger partial charge is 0.271 e. The van der Waals surface area contributed by atoms with Gasteiger partial charge in [-0.2, -0.15) is 5.10 Å². The predicted octanol–water partition coefficient (Wildman–Crippen LogP) is 1.78. The molecule has 5 nitrogen and oxygen atoms in total. The van der Waals surface area contributed by atoms with E-state index in [4.69, 9.17) is 0 Å². The van der Waals surface area contributed by atoms with E-state index < -0.39 is 0 Å². The molecule has 1 heterocycles. The monoisotopic (exact) mass is 335 g/mol. The zero-order chi connectivity index (χ0) is 14.7. The molecule has 1 N–H and O–H groups in total. The van der Waals surface area contributed by atoms with Gasteiger partial charge in [0.2, 0.25) is 0 Å². The van der Waals surface area contributed by atoms with E-state index in [9.17, 15) is 9.59 Å². The Hall–Kier alpha value is -1.95. The van der Waals surface area contributed by atoms with Crippen molar-refractivity contribution in [1.29, 1.82) is 0 Å². The maximum atomic E-state index is 12.0. The predicted molar refractivity (Wildman–Crippen MR) is 79.5 cm³/mol. The van der Waals surface area contributed by atoms with Crippen molar-refractivity contribution in [2.45, 2.75) is 13.5 Å². The number of aryl methyl sites for hydroxylation is 2. The van der Waals surface area contributed by atoms with E-state index >= 15 is 0 Å². The number of carbonyl (C=O) groups excluding carboxylic acids is 1. The summed E-state index contributed by atoms with van der Waals surface area (Å²) >= 11 is 3.50. The first-order valence-electron chi connectivity index (χ1n) is 6.05. The van der Waals surface area contributed by atoms with E-state index in [1.807, 2.05) is 25.1 Å². The van der Waals surface area contributed by atoms with Crippen LogP contribution >= 0.6 is 15.9 Å². The first kappa shape index (κ1) is 14.5. The number of halogens is 1. The third kappa shape index (κ3) is 3.14. The molecule has 20 heavy (non-hydrogen) atoms. The van der Waals surface area contributed by atoms with Gasteiger partial charge < -0.3 is 5.32 Å². The Kier molecular flexibility index (Phi) is 4.34. The highest BCUT2D eigenvalue weighted by molar-refractivity contribution is 9.10. The molecule has 0 atom stereocenters. The van der Waals surface area contributed by atoms with Gasteiger partial charge in [-0.15, -0.1) is 0 Å². The number of carbonyl (C=O) groups is 1. The van der Waals surface area contributed by atoms with Crippen LogP contribution in [0.1, 0.15) is 21.6 Å². The third-order valence-corrected chi connectivity index (χ3v) is 4.04. The number of aromatic nitrogens is 2. The Morgan fingerprint density at radius 2 is 2.10 bits per heavy atom. The van der Waals surface area contributed by atoms with Crippen LogP contribution in [0.3, 0.4) is 0 Å². The number of nitrogens with zero attached hydrogens (tertiary/aromatic N) is 2. The van der Waals surface area contributed by atoms with Gasteiger partial charge in [0.15, 0.2) is 0 Å². The highest BCUT2D eigenvalue weighted by atomic mass is 79.9. The molecule has 0 aliphatic heterocycles. The molecule has 0 aliphatic rings. The first-order chi connectivity index (χ1) is 9.49. The van der Waals surface area contributed by atoms with Crippen molar-refractivity contribution in [2.24, 2.45) is 7.05 Å². The van der Waals surface area contributed by atoms with Gasteiger partial charge in [-0.1, -0.05) is 34.1 Å². The maximum Gasteiger partial charge on any atom is 0.271 e. The van der Waals surface area contributed by atoms with Crippen LogP contribution in [0.25, 0.3) is 0 Å². The lowest BCUT2D eigenvalue weighted by Crippen LogP contribution is -2.28. The quantitative estimate of drug-likeness (QED) is 0.929. The summed E-state index contributed by atoms with van der Waals surface area (Å²) in [5.41, 5.74) is 2.07. The van der Waals surface area contributed by atoms with Crippen LogP contribution < -0.4 is 10.9 Å². The van der Waals surface area contributed by atoms with Crippen molar-refractivity contribution in [3.63, 3.8) is 0 Å². The summed E-state index contributed by atoms with van der Waals surface area (Å²) in [7, 11) is 1.51. The summed E-state index contributed by atoms with van der Waals surface area (Å²) in [6.07, 6.45) is 0. The van der Waals surface area contributed by atoms with Crippen LogP contribution in [0.4, 0.5) is 0 Å². The highest BCUT2D eigenvalue weighted by Crippen LogP contribution is 2.20. The molecule has 0 aliphatic carbocycles. The number of benzene rings is 1. The molecule has 1 aromatic carbocycles. The van der Waals surface area contributed by atoms with Gasteiger partial charge in [0.05, 0.1) is 0 Å². The Labute approximate surface area is 124 Å². The van der Waals surface area contributed by atoms with Crippen LogP contribution in [0.2, 0.25) is 0 Å². The van der Waals surface area contributed by atoms with E-state index in [0.29, 0.717) is 6.54 Å². The van der Waals surface area contributed by atoms with Crippen molar-refractivity contribution in [1.82, 2.24) is 15.1 Å². The fraction of sp³-hybridized carbons (Fsp3) is 0.214. The molecule has 1 aromatic heterocycles. The van der Waals surface area contributed by atoms with Crippen molar-refractivity contribution in [3.05, 3.63) is 62.0 Å². The molecule has 0 spiro atoms. The lowest BCUT2D eigenvalue weighted by atomic mass is 10.1. The molecule has 0 saturated carbocycles. The molecule has 104 valence electrons. The summed E-state index contributed by atoms with van der Waals surface area (Å²) in [4.78, 5) is 23.2. The topological polar surface area (TPSA) is 64.0 Å². The number of hydrogen-bond acceptors (Lipinski definition) is 3. The minimum atomic E-state index is -0.311. The van der Waals surface area contributed by atoms with Gasteiger partial charge in [0.25, 0.3) is 11.5 Å². The van der Waals surface area contributed by atoms with Crippen LogP contribution in [-0.2, 0) is 13.6 Å². The lowest BCUT2D eigenvalue weighted by molar-refractivity contribution is 0.0943. The fourth-order valence-corrected chi connectivity index (χ4v) is 2.14. The highest BCUT2D eigenvalue weighted by Gasteiger charge is 2.09. The second-order valence-electron chi connectivity index (χ2n) is 4.41. The van der Waals surface area contributed by atoms with Gasteiger partial charge in [0.1, 0.15) is 5.69 Å². The molecule has 0 radical (unpaired) electrons. The standard InChI is InChI=1S/C14H14BrN3O2/c1-9-4-3-5-10(13(9)15)8-16-14(20)11-6-7-12(19)18(2)17-11/h3-7H,8H2,1-2H3,(H,16,20). The molecule has 0 saturated heterocycles. The second-order valence-corrected chi connectivity index (χ2v) is 5.20. The first-order valence-corrected chi connectivity index (χ1v) is 6.85. The Morgan fingerprint density at radius 1 is 1.35 bits per heavy atom. The average molecular weight is 336 g/mol. The second kappa shape index (κ2) is 6.00. The van der Waals surface area contributed by atoms with Crippen LogP contribution in [0.15, 0.2) is 39.6 Å². The van der Waals surface area contributed by atoms with Crippen molar-refractivity contribution < 1.29 is 4.79 Å². The van der Waals surface area contributed by atoms with E-state index in [1.54, 1.807) is 0 Å². The van der Waals surface area contributed by atoms with Gasteiger partial charge >= 0.3 is 0 Å². The normalized spacial score (nSPS) is 10.3. The van der Waals surface area contributed by atoms with Crippen LogP contribution in [0.5, 0.6) is 0 Å². The van der Waals surface area contributed by atoms with Crippen molar-refractivity contribution in [2.75, 3.05) is 0 Å². The largest absolute Gasteiger partial charge is 0.347 e. The van der Waals surface area contributed by atoms with Crippen LogP contribution in [-0.4, -0.2) is 15.7 Å². The van der Waals surface area contributed by atoms with Gasteiger partial charge in [0, 0.05) is 24.1 Å². The molecule has 6 heteroatoms. The zero-order valence-corrected chi connectivity index (χ0v) is 12.8. The molecule has 0 fully saturated rings. The van der Waals surface area contributed by atoms with E-state index in [0.717, 1.165) is 20.3 Å². The van der Waals surface area contributed by atoms with Crippen molar-refractivity contribution >= 4 is 21.8 Å². The Morgan fingerprint density at radius 3 is 2.80 bits per heavy atom. The summed E-state index contributed by atoms with van der Waals surface area (Å²) in [5.74, 6) is -0.311. The summed E-state index contributed by atoms with van der Waals surface area (Å²) in [6, 6.07) is 8.61. The van der Waals surface area contributed by atoms with Crippen LogP contribution in [0, 0.1) is 6.92 Å². The third-order valence-electron chi connectivity index (χ3n) is 2.90. The Balaban J connectivity index is 2.10. The lowest BCUT2D eigenvalue weighted by Gasteiger charge is -2.08. The van der Waals surface area contributed by atoms with Gasteiger partial charge in [-0.3, -0.25) is 9.59 Å².